The lowest BCUT2D eigenvalue weighted by Crippen LogP contribution is -2.41. The Labute approximate surface area is 198 Å². The van der Waals surface area contributed by atoms with Gasteiger partial charge in [-0.2, -0.15) is 0 Å². The zero-order chi connectivity index (χ0) is 22.5. The van der Waals surface area contributed by atoms with Crippen LogP contribution in [-0.4, -0.2) is 21.8 Å². The van der Waals surface area contributed by atoms with E-state index in [1.807, 2.05) is 54.8 Å². The molecule has 0 unspecified atom stereocenters. The number of thiazole rings is 2. The average molecular weight is 481 g/mol. The van der Waals surface area contributed by atoms with Crippen LogP contribution in [0.3, 0.4) is 0 Å². The summed E-state index contributed by atoms with van der Waals surface area (Å²) in [6.07, 6.45) is 0. The van der Waals surface area contributed by atoms with E-state index in [1.54, 1.807) is 42.2 Å². The third kappa shape index (κ3) is 5.24. The second kappa shape index (κ2) is 10.1. The molecule has 6 nitrogen and oxygen atoms in total. The second-order valence-corrected chi connectivity index (χ2v) is 9.99. The van der Waals surface area contributed by atoms with Crippen molar-refractivity contribution in [3.63, 3.8) is 0 Å². The van der Waals surface area contributed by atoms with Crippen LogP contribution in [0.1, 0.15) is 37.0 Å². The first-order chi connectivity index (χ1) is 15.5. The number of carbonyl (C=O) groups is 2. The molecule has 4 rings (SSSR count). The molecule has 0 aliphatic rings. The first-order valence-corrected chi connectivity index (χ1v) is 12.5. The molecule has 9 heteroatoms. The van der Waals surface area contributed by atoms with Gasteiger partial charge >= 0.3 is 0 Å². The SMILES string of the molecule is Cc1csc(SCc2ccccc2C(=O)NNC(=O)c2sc(-c3ccccc3)nc2C)n1. The van der Waals surface area contributed by atoms with Gasteiger partial charge in [0.2, 0.25) is 0 Å². The number of hydrogen-bond donors (Lipinski definition) is 2. The summed E-state index contributed by atoms with van der Waals surface area (Å²) < 4.78 is 0.959. The molecule has 2 aromatic heterocycles. The van der Waals surface area contributed by atoms with Crippen LogP contribution in [-0.2, 0) is 5.75 Å². The first-order valence-electron chi connectivity index (χ1n) is 9.77. The third-order valence-corrected chi connectivity index (χ3v) is 7.92. The van der Waals surface area contributed by atoms with Crippen LogP contribution < -0.4 is 10.9 Å². The molecule has 2 N–H and O–H groups in total. The number of thioether (sulfide) groups is 1. The molecule has 32 heavy (non-hydrogen) atoms. The summed E-state index contributed by atoms with van der Waals surface area (Å²) in [6, 6.07) is 17.0. The van der Waals surface area contributed by atoms with Gasteiger partial charge in [0.05, 0.1) is 5.69 Å². The smallest absolute Gasteiger partial charge is 0.267 e. The van der Waals surface area contributed by atoms with Gasteiger partial charge in [-0.3, -0.25) is 20.4 Å². The molecule has 2 aromatic carbocycles. The monoisotopic (exact) mass is 480 g/mol. The van der Waals surface area contributed by atoms with Crippen LogP contribution in [0.2, 0.25) is 0 Å². The molecule has 4 aromatic rings. The molecule has 0 spiro atoms. The number of aryl methyl sites for hydroxylation is 2. The van der Waals surface area contributed by atoms with E-state index in [1.165, 1.54) is 11.3 Å². The van der Waals surface area contributed by atoms with Crippen molar-refractivity contribution >= 4 is 46.2 Å². The van der Waals surface area contributed by atoms with Crippen LogP contribution in [0.5, 0.6) is 0 Å². The molecule has 0 radical (unpaired) electrons. The summed E-state index contributed by atoms with van der Waals surface area (Å²) in [7, 11) is 0. The minimum atomic E-state index is -0.388. The highest BCUT2D eigenvalue weighted by molar-refractivity contribution is 8.00. The normalized spacial score (nSPS) is 10.7. The van der Waals surface area contributed by atoms with Crippen LogP contribution in [0.25, 0.3) is 10.6 Å². The number of nitrogens with zero attached hydrogens (tertiary/aromatic N) is 2. The Morgan fingerprint density at radius 3 is 2.41 bits per heavy atom. The molecule has 0 bridgehead atoms. The number of amides is 2. The highest BCUT2D eigenvalue weighted by atomic mass is 32.2. The third-order valence-electron chi connectivity index (χ3n) is 4.52. The van der Waals surface area contributed by atoms with Gasteiger partial charge in [0.25, 0.3) is 11.8 Å². The van der Waals surface area contributed by atoms with Gasteiger partial charge in [0.15, 0.2) is 0 Å². The lowest BCUT2D eigenvalue weighted by Gasteiger charge is -2.10. The van der Waals surface area contributed by atoms with Crippen LogP contribution >= 0.6 is 34.4 Å². The number of benzene rings is 2. The van der Waals surface area contributed by atoms with Gasteiger partial charge in [-0.05, 0) is 25.5 Å². The second-order valence-electron chi connectivity index (χ2n) is 6.91. The zero-order valence-electron chi connectivity index (χ0n) is 17.4. The summed E-state index contributed by atoms with van der Waals surface area (Å²) in [5.41, 5.74) is 9.00. The van der Waals surface area contributed by atoms with Crippen molar-refractivity contribution in [3.05, 3.63) is 87.4 Å². The molecule has 0 fully saturated rings. The number of nitrogens with one attached hydrogen (secondary N) is 2. The number of rotatable bonds is 6. The standard InChI is InChI=1S/C23H20N4O2S3/c1-14-12-30-23(24-14)31-13-17-10-6-7-11-18(17)20(28)26-27-21(29)19-15(2)25-22(32-19)16-8-4-3-5-9-16/h3-12H,13H2,1-2H3,(H,26,28)(H,27,29). The highest BCUT2D eigenvalue weighted by Gasteiger charge is 2.18. The maximum atomic E-state index is 12.8. The Morgan fingerprint density at radius 2 is 1.66 bits per heavy atom. The molecule has 2 amide bonds. The van der Waals surface area contributed by atoms with Gasteiger partial charge in [0.1, 0.15) is 14.2 Å². The van der Waals surface area contributed by atoms with Crippen molar-refractivity contribution in [1.82, 2.24) is 20.8 Å². The lowest BCUT2D eigenvalue weighted by molar-refractivity contribution is 0.0848. The summed E-state index contributed by atoms with van der Waals surface area (Å²) in [5.74, 6) is -0.144. The zero-order valence-corrected chi connectivity index (χ0v) is 19.9. The Kier molecular flexibility index (Phi) is 6.99. The molecular weight excluding hydrogens is 460 g/mol. The molecule has 2 heterocycles. The molecule has 0 saturated heterocycles. The van der Waals surface area contributed by atoms with Crippen molar-refractivity contribution in [2.75, 3.05) is 0 Å². The van der Waals surface area contributed by atoms with E-state index in [-0.39, 0.29) is 11.8 Å². The fourth-order valence-corrected chi connectivity index (χ4v) is 5.78. The van der Waals surface area contributed by atoms with E-state index in [0.717, 1.165) is 26.2 Å². The van der Waals surface area contributed by atoms with E-state index >= 15 is 0 Å². The predicted octanol–water partition coefficient (Wildman–Crippen LogP) is 5.25. The van der Waals surface area contributed by atoms with E-state index < -0.39 is 0 Å². The Hall–Kier alpha value is -3.01. The van der Waals surface area contributed by atoms with Crippen molar-refractivity contribution in [2.45, 2.75) is 23.9 Å². The molecule has 0 saturated carbocycles. The number of carbonyl (C=O) groups excluding carboxylic acids is 2. The maximum Gasteiger partial charge on any atom is 0.281 e. The number of hydrogen-bond acceptors (Lipinski definition) is 7. The van der Waals surface area contributed by atoms with E-state index in [4.69, 9.17) is 0 Å². The molecule has 0 atom stereocenters. The van der Waals surface area contributed by atoms with Crippen molar-refractivity contribution in [2.24, 2.45) is 0 Å². The van der Waals surface area contributed by atoms with E-state index in [9.17, 15) is 9.59 Å². The van der Waals surface area contributed by atoms with Crippen LogP contribution in [0.15, 0.2) is 64.3 Å². The quantitative estimate of drug-likeness (QED) is 0.291. The minimum Gasteiger partial charge on any atom is -0.267 e. The van der Waals surface area contributed by atoms with Crippen LogP contribution in [0.4, 0.5) is 0 Å². The Balaban J connectivity index is 1.41. The molecule has 162 valence electrons. The summed E-state index contributed by atoms with van der Waals surface area (Å²) in [6.45, 7) is 3.74. The maximum absolute atomic E-state index is 12.8. The van der Waals surface area contributed by atoms with Gasteiger partial charge in [-0.1, -0.05) is 60.3 Å². The van der Waals surface area contributed by atoms with Crippen molar-refractivity contribution in [1.29, 1.82) is 0 Å². The lowest BCUT2D eigenvalue weighted by atomic mass is 10.1. The molecular formula is C23H20N4O2S3. The van der Waals surface area contributed by atoms with Gasteiger partial charge in [-0.25, -0.2) is 9.97 Å². The molecule has 0 aliphatic carbocycles. The fraction of sp³-hybridized carbons (Fsp3) is 0.130. The number of aromatic nitrogens is 2. The van der Waals surface area contributed by atoms with Crippen molar-refractivity contribution in [3.8, 4) is 10.6 Å². The van der Waals surface area contributed by atoms with E-state index in [2.05, 4.69) is 20.8 Å². The summed E-state index contributed by atoms with van der Waals surface area (Å²) in [5, 5.41) is 2.76. The van der Waals surface area contributed by atoms with E-state index in [0.29, 0.717) is 21.9 Å². The average Bonchev–Trinajstić information content (AvgIpc) is 3.42. The first kappa shape index (κ1) is 22.2. The van der Waals surface area contributed by atoms with Crippen molar-refractivity contribution < 1.29 is 9.59 Å². The van der Waals surface area contributed by atoms with Gasteiger partial charge in [-0.15, -0.1) is 22.7 Å². The summed E-state index contributed by atoms with van der Waals surface area (Å²) >= 11 is 4.46. The fourth-order valence-electron chi connectivity index (χ4n) is 2.95. The van der Waals surface area contributed by atoms with Gasteiger partial charge in [0, 0.05) is 28.0 Å². The number of hydrazine groups is 1. The summed E-state index contributed by atoms with van der Waals surface area (Å²) in [4.78, 5) is 34.8. The topological polar surface area (TPSA) is 84.0 Å². The minimum absolute atomic E-state index is 0.365. The van der Waals surface area contributed by atoms with Gasteiger partial charge < -0.3 is 0 Å². The Morgan fingerprint density at radius 1 is 0.938 bits per heavy atom. The molecule has 0 aliphatic heterocycles. The highest BCUT2D eigenvalue weighted by Crippen LogP contribution is 2.28. The largest absolute Gasteiger partial charge is 0.281 e. The Bertz CT molecular complexity index is 1250. The van der Waals surface area contributed by atoms with Crippen LogP contribution in [0, 0.1) is 13.8 Å². The predicted molar refractivity (Wildman–Crippen MR) is 130 cm³/mol.